The first-order valence-electron chi connectivity index (χ1n) is 7.24. The number of halogens is 1. The fraction of sp³-hybridized carbons (Fsp3) is 0.375. The topological polar surface area (TPSA) is 60.5 Å². The van der Waals surface area contributed by atoms with Gasteiger partial charge >= 0.3 is 0 Å². The van der Waals surface area contributed by atoms with E-state index in [2.05, 4.69) is 10.3 Å². The summed E-state index contributed by atoms with van der Waals surface area (Å²) in [6.07, 6.45) is -0.161. The highest BCUT2D eigenvalue weighted by Crippen LogP contribution is 2.16. The van der Waals surface area contributed by atoms with Gasteiger partial charge in [-0.15, -0.1) is 0 Å². The van der Waals surface area contributed by atoms with Crippen molar-refractivity contribution in [3.05, 3.63) is 41.8 Å². The van der Waals surface area contributed by atoms with E-state index in [1.54, 1.807) is 24.3 Å². The third-order valence-electron chi connectivity index (χ3n) is 3.63. The number of carbonyl (C=O) groups excluding carboxylic acids is 1. The molecule has 0 unspecified atom stereocenters. The molecule has 1 N–H and O–H groups in total. The van der Waals surface area contributed by atoms with Gasteiger partial charge in [-0.2, -0.15) is 0 Å². The van der Waals surface area contributed by atoms with Crippen LogP contribution in [0.5, 0.6) is 0 Å². The Bertz CT molecular complexity index is 692. The SMILES string of the molecule is CCO[C@@H]1COC[C@H]1NC(=O)c1ccc2cccc(F)c2n1. The molecule has 0 radical (unpaired) electrons. The van der Waals surface area contributed by atoms with Gasteiger partial charge in [-0.3, -0.25) is 4.79 Å². The fourth-order valence-corrected chi connectivity index (χ4v) is 2.53. The minimum Gasteiger partial charge on any atom is -0.376 e. The third-order valence-corrected chi connectivity index (χ3v) is 3.63. The lowest BCUT2D eigenvalue weighted by molar-refractivity contribution is 0.0402. The van der Waals surface area contributed by atoms with Crippen LogP contribution in [0.3, 0.4) is 0 Å². The summed E-state index contributed by atoms with van der Waals surface area (Å²) in [7, 11) is 0. The first kappa shape index (κ1) is 14.9. The van der Waals surface area contributed by atoms with E-state index in [9.17, 15) is 9.18 Å². The molecule has 0 spiro atoms. The van der Waals surface area contributed by atoms with Crippen LogP contribution in [-0.4, -0.2) is 42.9 Å². The molecule has 2 heterocycles. The molecule has 116 valence electrons. The van der Waals surface area contributed by atoms with Gasteiger partial charge in [0.25, 0.3) is 5.91 Å². The number of nitrogens with one attached hydrogen (secondary N) is 1. The van der Waals surface area contributed by atoms with Crippen LogP contribution in [0.15, 0.2) is 30.3 Å². The van der Waals surface area contributed by atoms with Crippen LogP contribution in [0.1, 0.15) is 17.4 Å². The van der Waals surface area contributed by atoms with E-state index in [0.29, 0.717) is 25.2 Å². The zero-order valence-electron chi connectivity index (χ0n) is 12.2. The molecule has 2 atom stereocenters. The van der Waals surface area contributed by atoms with Crippen molar-refractivity contribution in [2.24, 2.45) is 0 Å². The van der Waals surface area contributed by atoms with E-state index >= 15 is 0 Å². The number of hydrogen-bond acceptors (Lipinski definition) is 4. The number of rotatable bonds is 4. The smallest absolute Gasteiger partial charge is 0.270 e. The van der Waals surface area contributed by atoms with Crippen molar-refractivity contribution in [3.8, 4) is 0 Å². The number of amides is 1. The van der Waals surface area contributed by atoms with E-state index in [-0.39, 0.29) is 29.3 Å². The predicted octanol–water partition coefficient (Wildman–Crippen LogP) is 1.91. The lowest BCUT2D eigenvalue weighted by Crippen LogP contribution is -2.44. The number of pyridine rings is 1. The highest BCUT2D eigenvalue weighted by atomic mass is 19.1. The van der Waals surface area contributed by atoms with Crippen LogP contribution < -0.4 is 5.32 Å². The number of para-hydroxylation sites is 1. The number of ether oxygens (including phenoxy) is 2. The molecular formula is C16H17FN2O3. The van der Waals surface area contributed by atoms with Gasteiger partial charge in [-0.25, -0.2) is 9.37 Å². The number of hydrogen-bond donors (Lipinski definition) is 1. The molecule has 0 aliphatic carbocycles. The lowest BCUT2D eigenvalue weighted by atomic mass is 10.1. The van der Waals surface area contributed by atoms with Crippen LogP contribution in [0.2, 0.25) is 0 Å². The maximum Gasteiger partial charge on any atom is 0.270 e. The second-order valence-electron chi connectivity index (χ2n) is 5.12. The molecule has 1 saturated heterocycles. The van der Waals surface area contributed by atoms with Gasteiger partial charge in [0.2, 0.25) is 0 Å². The van der Waals surface area contributed by atoms with E-state index in [0.717, 1.165) is 0 Å². The molecule has 2 aromatic rings. The maximum absolute atomic E-state index is 13.8. The van der Waals surface area contributed by atoms with E-state index in [1.165, 1.54) is 6.07 Å². The largest absolute Gasteiger partial charge is 0.376 e. The predicted molar refractivity (Wildman–Crippen MR) is 79.2 cm³/mol. The number of aromatic nitrogens is 1. The summed E-state index contributed by atoms with van der Waals surface area (Å²) < 4.78 is 24.6. The number of benzene rings is 1. The van der Waals surface area contributed by atoms with Crippen LogP contribution >= 0.6 is 0 Å². The van der Waals surface area contributed by atoms with Crippen molar-refractivity contribution in [2.75, 3.05) is 19.8 Å². The Labute approximate surface area is 127 Å². The van der Waals surface area contributed by atoms with Crippen molar-refractivity contribution in [3.63, 3.8) is 0 Å². The summed E-state index contributed by atoms with van der Waals surface area (Å²) in [5.41, 5.74) is 0.374. The summed E-state index contributed by atoms with van der Waals surface area (Å²) in [5.74, 6) is -0.797. The van der Waals surface area contributed by atoms with Gasteiger partial charge in [-0.05, 0) is 19.1 Å². The maximum atomic E-state index is 13.8. The zero-order chi connectivity index (χ0) is 15.5. The molecule has 22 heavy (non-hydrogen) atoms. The molecule has 5 nitrogen and oxygen atoms in total. The molecule has 0 saturated carbocycles. The Morgan fingerprint density at radius 3 is 3.09 bits per heavy atom. The van der Waals surface area contributed by atoms with Crippen LogP contribution in [-0.2, 0) is 9.47 Å². The number of nitrogens with zero attached hydrogens (tertiary/aromatic N) is 1. The van der Waals surface area contributed by atoms with E-state index < -0.39 is 5.82 Å². The molecule has 0 bridgehead atoms. The van der Waals surface area contributed by atoms with Crippen molar-refractivity contribution in [2.45, 2.75) is 19.1 Å². The normalized spacial score (nSPS) is 21.2. The first-order chi connectivity index (χ1) is 10.7. The molecule has 3 rings (SSSR count). The number of fused-ring (bicyclic) bond motifs is 1. The Morgan fingerprint density at radius 1 is 1.41 bits per heavy atom. The zero-order valence-corrected chi connectivity index (χ0v) is 12.2. The minimum atomic E-state index is -0.441. The Kier molecular flexibility index (Phi) is 4.31. The van der Waals surface area contributed by atoms with Gasteiger partial charge in [0.05, 0.1) is 19.3 Å². The van der Waals surface area contributed by atoms with Crippen molar-refractivity contribution < 1.29 is 18.7 Å². The Morgan fingerprint density at radius 2 is 2.27 bits per heavy atom. The van der Waals surface area contributed by atoms with E-state index in [1.807, 2.05) is 6.92 Å². The summed E-state index contributed by atoms with van der Waals surface area (Å²) in [4.78, 5) is 16.4. The lowest BCUT2D eigenvalue weighted by Gasteiger charge is -2.18. The summed E-state index contributed by atoms with van der Waals surface area (Å²) in [5, 5.41) is 3.50. The fourth-order valence-electron chi connectivity index (χ4n) is 2.53. The molecular weight excluding hydrogens is 287 g/mol. The highest BCUT2D eigenvalue weighted by Gasteiger charge is 2.30. The average molecular weight is 304 g/mol. The van der Waals surface area contributed by atoms with Gasteiger partial charge in [-0.1, -0.05) is 18.2 Å². The van der Waals surface area contributed by atoms with Gasteiger partial charge in [0, 0.05) is 12.0 Å². The molecule has 6 heteroatoms. The second-order valence-corrected chi connectivity index (χ2v) is 5.12. The summed E-state index contributed by atoms with van der Waals surface area (Å²) in [6, 6.07) is 7.75. The van der Waals surface area contributed by atoms with Gasteiger partial charge < -0.3 is 14.8 Å². The molecule has 1 aliphatic heterocycles. The molecule has 1 fully saturated rings. The molecule has 1 aromatic carbocycles. The number of carbonyl (C=O) groups is 1. The van der Waals surface area contributed by atoms with Crippen LogP contribution in [0.25, 0.3) is 10.9 Å². The molecule has 1 aliphatic rings. The van der Waals surface area contributed by atoms with Crippen LogP contribution in [0.4, 0.5) is 4.39 Å². The monoisotopic (exact) mass is 304 g/mol. The van der Waals surface area contributed by atoms with Crippen molar-refractivity contribution >= 4 is 16.8 Å². The standard InChI is InChI=1S/C16H17FN2O3/c1-2-22-14-9-21-8-13(14)19-16(20)12-7-6-10-4-3-5-11(17)15(10)18-12/h3-7,13-14H,2,8-9H2,1H3,(H,19,20)/t13-,14-/m1/s1. The highest BCUT2D eigenvalue weighted by molar-refractivity contribution is 5.95. The average Bonchev–Trinajstić information content (AvgIpc) is 2.95. The van der Waals surface area contributed by atoms with Crippen LogP contribution in [0, 0.1) is 5.82 Å². The minimum absolute atomic E-state index is 0.161. The first-order valence-corrected chi connectivity index (χ1v) is 7.24. The molecule has 1 amide bonds. The van der Waals surface area contributed by atoms with Gasteiger partial charge in [0.15, 0.2) is 0 Å². The summed E-state index contributed by atoms with van der Waals surface area (Å²) in [6.45, 7) is 3.31. The Balaban J connectivity index is 1.79. The third kappa shape index (κ3) is 2.93. The van der Waals surface area contributed by atoms with Crippen molar-refractivity contribution in [1.29, 1.82) is 0 Å². The Hall–Kier alpha value is -2.05. The molecule has 1 aromatic heterocycles. The quantitative estimate of drug-likeness (QED) is 0.937. The summed E-state index contributed by atoms with van der Waals surface area (Å²) >= 11 is 0. The van der Waals surface area contributed by atoms with Gasteiger partial charge in [0.1, 0.15) is 23.1 Å². The van der Waals surface area contributed by atoms with Crippen molar-refractivity contribution in [1.82, 2.24) is 10.3 Å². The van der Waals surface area contributed by atoms with E-state index in [4.69, 9.17) is 9.47 Å². The second kappa shape index (κ2) is 6.37.